The van der Waals surface area contributed by atoms with Gasteiger partial charge in [-0.05, 0) is 37.5 Å². The number of carbonyl (C=O) groups excluding carboxylic acids is 1. The Balaban J connectivity index is 3.12. The van der Waals surface area contributed by atoms with Crippen molar-refractivity contribution in [2.24, 2.45) is 0 Å². The number of hydrogen-bond acceptors (Lipinski definition) is 2. The number of rotatable bonds is 2. The lowest BCUT2D eigenvalue weighted by Crippen LogP contribution is -1.94. The second-order valence-electron chi connectivity index (χ2n) is 3.04. The van der Waals surface area contributed by atoms with Gasteiger partial charge in [-0.2, -0.15) is 0 Å². The zero-order valence-electron chi connectivity index (χ0n) is 8.26. The third kappa shape index (κ3) is 1.89. The Hall–Kier alpha value is -1.31. The molecule has 1 aliphatic rings. The van der Waals surface area contributed by atoms with E-state index in [0.29, 0.717) is 0 Å². The summed E-state index contributed by atoms with van der Waals surface area (Å²) in [6.07, 6.45) is 5.55. The van der Waals surface area contributed by atoms with Crippen LogP contribution in [0, 0.1) is 0 Å². The summed E-state index contributed by atoms with van der Waals surface area (Å²) in [6, 6.07) is 0. The van der Waals surface area contributed by atoms with Crippen molar-refractivity contribution in [1.82, 2.24) is 0 Å². The van der Waals surface area contributed by atoms with Crippen molar-refractivity contribution in [3.05, 3.63) is 34.6 Å². The van der Waals surface area contributed by atoms with Gasteiger partial charge >= 0.3 is 0 Å². The van der Waals surface area contributed by atoms with Crippen molar-refractivity contribution in [2.45, 2.75) is 20.3 Å². The Morgan fingerprint density at radius 1 is 1.31 bits per heavy atom. The highest BCUT2D eigenvalue weighted by Crippen LogP contribution is 2.23. The molecule has 0 fully saturated rings. The fraction of sp³-hybridized carbons (Fsp3) is 0.364. The lowest BCUT2D eigenvalue weighted by atomic mass is 10.0. The molecule has 0 unspecified atom stereocenters. The molecule has 0 saturated carbocycles. The highest BCUT2D eigenvalue weighted by molar-refractivity contribution is 5.81. The van der Waals surface area contributed by atoms with Crippen LogP contribution in [0.5, 0.6) is 0 Å². The van der Waals surface area contributed by atoms with Crippen molar-refractivity contribution < 1.29 is 9.53 Å². The monoisotopic (exact) mass is 178 g/mol. The first-order chi connectivity index (χ1) is 6.20. The van der Waals surface area contributed by atoms with E-state index in [1.54, 1.807) is 7.11 Å². The zero-order chi connectivity index (χ0) is 9.84. The SMILES string of the molecule is COC1=CCC=C(C=O)C(C)=C1C. The van der Waals surface area contributed by atoms with Gasteiger partial charge in [-0.25, -0.2) is 0 Å². The molecule has 13 heavy (non-hydrogen) atoms. The molecule has 70 valence electrons. The molecule has 0 aromatic carbocycles. The van der Waals surface area contributed by atoms with E-state index >= 15 is 0 Å². The predicted molar refractivity (Wildman–Crippen MR) is 52.2 cm³/mol. The van der Waals surface area contributed by atoms with Crippen LogP contribution in [0.25, 0.3) is 0 Å². The van der Waals surface area contributed by atoms with Gasteiger partial charge in [0.05, 0.1) is 7.11 Å². The highest BCUT2D eigenvalue weighted by Gasteiger charge is 2.10. The second kappa shape index (κ2) is 4.08. The van der Waals surface area contributed by atoms with Gasteiger partial charge in [0.15, 0.2) is 0 Å². The number of ether oxygens (including phenoxy) is 1. The Morgan fingerprint density at radius 3 is 2.54 bits per heavy atom. The van der Waals surface area contributed by atoms with Crippen LogP contribution in [0.3, 0.4) is 0 Å². The van der Waals surface area contributed by atoms with Crippen molar-refractivity contribution in [2.75, 3.05) is 7.11 Å². The molecular weight excluding hydrogens is 164 g/mol. The normalized spacial score (nSPS) is 17.5. The summed E-state index contributed by atoms with van der Waals surface area (Å²) in [6.45, 7) is 3.90. The van der Waals surface area contributed by atoms with Gasteiger partial charge in [-0.1, -0.05) is 6.08 Å². The van der Waals surface area contributed by atoms with Gasteiger partial charge in [0, 0.05) is 5.57 Å². The van der Waals surface area contributed by atoms with Crippen LogP contribution in [0.1, 0.15) is 20.3 Å². The molecule has 1 aliphatic carbocycles. The van der Waals surface area contributed by atoms with Gasteiger partial charge in [0.2, 0.25) is 0 Å². The topological polar surface area (TPSA) is 26.3 Å². The van der Waals surface area contributed by atoms with Gasteiger partial charge in [0.25, 0.3) is 0 Å². The van der Waals surface area contributed by atoms with E-state index in [4.69, 9.17) is 4.74 Å². The molecule has 0 N–H and O–H groups in total. The largest absolute Gasteiger partial charge is 0.497 e. The maximum absolute atomic E-state index is 10.7. The molecule has 0 saturated heterocycles. The van der Waals surface area contributed by atoms with Crippen LogP contribution in [0.4, 0.5) is 0 Å². The third-order valence-electron chi connectivity index (χ3n) is 2.35. The predicted octanol–water partition coefficient (Wildman–Crippen LogP) is 2.38. The lowest BCUT2D eigenvalue weighted by molar-refractivity contribution is -0.104. The van der Waals surface area contributed by atoms with E-state index in [-0.39, 0.29) is 0 Å². The molecule has 1 rings (SSSR count). The molecule has 0 heterocycles. The smallest absolute Gasteiger partial charge is 0.150 e. The fourth-order valence-corrected chi connectivity index (χ4v) is 1.37. The molecule has 0 bridgehead atoms. The first kappa shape index (κ1) is 9.78. The Labute approximate surface area is 78.6 Å². The standard InChI is InChI=1S/C11H14O2/c1-8-9(2)11(13-3)6-4-5-10(8)7-12/h5-7H,4H2,1-3H3. The zero-order valence-corrected chi connectivity index (χ0v) is 8.26. The van der Waals surface area contributed by atoms with E-state index in [9.17, 15) is 4.79 Å². The van der Waals surface area contributed by atoms with Gasteiger partial charge < -0.3 is 4.74 Å². The maximum Gasteiger partial charge on any atom is 0.150 e. The summed E-state index contributed by atoms with van der Waals surface area (Å²) in [5.41, 5.74) is 2.81. The molecule has 2 nitrogen and oxygen atoms in total. The highest BCUT2D eigenvalue weighted by atomic mass is 16.5. The number of allylic oxidation sites excluding steroid dienone is 5. The average Bonchev–Trinajstić information content (AvgIpc) is 2.28. The van der Waals surface area contributed by atoms with Crippen LogP contribution >= 0.6 is 0 Å². The molecular formula is C11H14O2. The minimum Gasteiger partial charge on any atom is -0.497 e. The molecule has 0 atom stereocenters. The van der Waals surface area contributed by atoms with Crippen LogP contribution in [-0.4, -0.2) is 13.4 Å². The van der Waals surface area contributed by atoms with E-state index in [0.717, 1.165) is 35.2 Å². The Bertz CT molecular complexity index is 306. The van der Waals surface area contributed by atoms with Crippen LogP contribution < -0.4 is 0 Å². The number of methoxy groups -OCH3 is 1. The van der Waals surface area contributed by atoms with Gasteiger partial charge in [-0.3, -0.25) is 4.79 Å². The van der Waals surface area contributed by atoms with Crippen LogP contribution in [0.15, 0.2) is 34.6 Å². The van der Waals surface area contributed by atoms with E-state index in [1.807, 2.05) is 26.0 Å². The van der Waals surface area contributed by atoms with E-state index in [2.05, 4.69) is 0 Å². The molecule has 0 radical (unpaired) electrons. The number of carbonyl (C=O) groups is 1. The summed E-state index contributed by atoms with van der Waals surface area (Å²) >= 11 is 0. The van der Waals surface area contributed by atoms with Crippen molar-refractivity contribution >= 4 is 6.29 Å². The van der Waals surface area contributed by atoms with Crippen molar-refractivity contribution in [1.29, 1.82) is 0 Å². The third-order valence-corrected chi connectivity index (χ3v) is 2.35. The molecule has 0 aromatic rings. The summed E-state index contributed by atoms with van der Waals surface area (Å²) < 4.78 is 5.20. The van der Waals surface area contributed by atoms with Crippen molar-refractivity contribution in [3.63, 3.8) is 0 Å². The lowest BCUT2D eigenvalue weighted by Gasteiger charge is -2.08. The number of hydrogen-bond donors (Lipinski definition) is 0. The van der Waals surface area contributed by atoms with Crippen LogP contribution in [0.2, 0.25) is 0 Å². The average molecular weight is 178 g/mol. The molecule has 0 spiro atoms. The molecule has 0 aliphatic heterocycles. The van der Waals surface area contributed by atoms with Gasteiger partial charge in [-0.15, -0.1) is 0 Å². The Kier molecular flexibility index (Phi) is 3.07. The quantitative estimate of drug-likeness (QED) is 0.607. The van der Waals surface area contributed by atoms with E-state index in [1.165, 1.54) is 0 Å². The first-order valence-electron chi connectivity index (χ1n) is 4.28. The summed E-state index contributed by atoms with van der Waals surface area (Å²) in [5.74, 6) is 0.866. The van der Waals surface area contributed by atoms with E-state index < -0.39 is 0 Å². The number of aldehydes is 1. The minimum absolute atomic E-state index is 0.756. The summed E-state index contributed by atoms with van der Waals surface area (Å²) in [5, 5.41) is 0. The molecule has 2 heteroatoms. The minimum atomic E-state index is 0.756. The summed E-state index contributed by atoms with van der Waals surface area (Å²) in [4.78, 5) is 10.7. The molecule has 0 amide bonds. The van der Waals surface area contributed by atoms with Crippen LogP contribution in [-0.2, 0) is 9.53 Å². The molecule has 0 aromatic heterocycles. The van der Waals surface area contributed by atoms with Crippen molar-refractivity contribution in [3.8, 4) is 0 Å². The summed E-state index contributed by atoms with van der Waals surface area (Å²) in [7, 11) is 1.65. The maximum atomic E-state index is 10.7. The first-order valence-corrected chi connectivity index (χ1v) is 4.28. The second-order valence-corrected chi connectivity index (χ2v) is 3.04. The Morgan fingerprint density at radius 2 is 2.00 bits per heavy atom. The fourth-order valence-electron chi connectivity index (χ4n) is 1.37. The van der Waals surface area contributed by atoms with Gasteiger partial charge in [0.1, 0.15) is 12.0 Å².